The Hall–Kier alpha value is -2.71. The molecular weight excluding hydrogens is 356 g/mol. The third kappa shape index (κ3) is 4.90. The molecule has 0 heterocycles. The van der Waals surface area contributed by atoms with Crippen molar-refractivity contribution in [1.82, 2.24) is 4.72 Å². The average Bonchev–Trinajstić information content (AvgIpc) is 2.65. The van der Waals surface area contributed by atoms with Crippen LogP contribution in [0.3, 0.4) is 0 Å². The molecule has 0 spiro atoms. The summed E-state index contributed by atoms with van der Waals surface area (Å²) in [5.41, 5.74) is 5.77. The summed E-state index contributed by atoms with van der Waals surface area (Å²) in [6, 6.07) is 13.7. The van der Waals surface area contributed by atoms with Crippen LogP contribution in [0.2, 0.25) is 0 Å². The third-order valence-corrected chi connectivity index (χ3v) is 4.97. The number of sulfonamides is 1. The molecule has 2 rings (SSSR count). The van der Waals surface area contributed by atoms with Gasteiger partial charge in [-0.3, -0.25) is 4.79 Å². The number of nitrogens with one attached hydrogen (secondary N) is 1. The quantitative estimate of drug-likeness (QED) is 0.681. The van der Waals surface area contributed by atoms with Gasteiger partial charge in [0.2, 0.25) is 16.1 Å². The number of ether oxygens (including phenoxy) is 1. The molecule has 0 aromatic heterocycles. The summed E-state index contributed by atoms with van der Waals surface area (Å²) in [5, 5.41) is 0. The van der Waals surface area contributed by atoms with Crippen LogP contribution in [-0.4, -0.2) is 26.8 Å². The second-order valence-corrected chi connectivity index (χ2v) is 7.29. The van der Waals surface area contributed by atoms with E-state index in [4.69, 9.17) is 10.5 Å². The molecule has 1 amide bonds. The number of benzene rings is 2. The number of carbonyl (C=O) groups is 2. The molecule has 1 atom stereocenters. The molecule has 0 saturated carbocycles. The fourth-order valence-electron chi connectivity index (χ4n) is 2.20. The molecule has 2 aromatic carbocycles. The van der Waals surface area contributed by atoms with E-state index in [0.29, 0.717) is 12.0 Å². The van der Waals surface area contributed by atoms with E-state index in [1.807, 2.05) is 6.92 Å². The van der Waals surface area contributed by atoms with Crippen molar-refractivity contribution in [2.24, 2.45) is 5.73 Å². The Balaban J connectivity index is 2.24. The van der Waals surface area contributed by atoms with Crippen LogP contribution < -0.4 is 10.5 Å². The number of rotatable bonds is 8. The Labute approximate surface area is 152 Å². The first kappa shape index (κ1) is 19.6. The molecule has 0 radical (unpaired) electrons. The molecule has 0 fully saturated rings. The molecule has 0 bridgehead atoms. The highest BCUT2D eigenvalue weighted by Crippen LogP contribution is 2.20. The molecule has 2 aromatic rings. The maximum atomic E-state index is 12.4. The predicted octanol–water partition coefficient (Wildman–Crippen LogP) is 1.76. The molecule has 7 nitrogen and oxygen atoms in total. The lowest BCUT2D eigenvalue weighted by atomic mass is 10.1. The van der Waals surface area contributed by atoms with Crippen molar-refractivity contribution in [2.45, 2.75) is 24.3 Å². The first-order valence-electron chi connectivity index (χ1n) is 8.00. The monoisotopic (exact) mass is 376 g/mol. The van der Waals surface area contributed by atoms with Crippen molar-refractivity contribution in [2.75, 3.05) is 6.54 Å². The maximum Gasteiger partial charge on any atom is 0.339 e. The van der Waals surface area contributed by atoms with Gasteiger partial charge >= 0.3 is 5.97 Å². The Bertz CT molecular complexity index is 881. The standard InChI is InChI=1S/C18H20N2O5S/c1-2-11-20-26(23,24)15-10-6-9-14(12-15)18(22)25-16(17(19)21)13-7-4-3-5-8-13/h3-10,12,16,20H,2,11H2,1H3,(H2,19,21). The summed E-state index contributed by atoms with van der Waals surface area (Å²) in [6.45, 7) is 2.12. The fraction of sp³-hybridized carbons (Fsp3) is 0.222. The molecule has 26 heavy (non-hydrogen) atoms. The Morgan fingerprint density at radius 2 is 1.81 bits per heavy atom. The number of nitrogens with two attached hydrogens (primary N) is 1. The van der Waals surface area contributed by atoms with Crippen molar-refractivity contribution in [3.8, 4) is 0 Å². The van der Waals surface area contributed by atoms with Crippen molar-refractivity contribution in [1.29, 1.82) is 0 Å². The van der Waals surface area contributed by atoms with Gasteiger partial charge in [0.05, 0.1) is 10.5 Å². The average molecular weight is 376 g/mol. The first-order valence-corrected chi connectivity index (χ1v) is 9.48. The lowest BCUT2D eigenvalue weighted by molar-refractivity contribution is -0.127. The van der Waals surface area contributed by atoms with E-state index in [9.17, 15) is 18.0 Å². The number of esters is 1. The minimum atomic E-state index is -3.72. The summed E-state index contributed by atoms with van der Waals surface area (Å²) in [7, 11) is -3.72. The van der Waals surface area contributed by atoms with Crippen molar-refractivity contribution >= 4 is 21.9 Å². The van der Waals surface area contributed by atoms with E-state index >= 15 is 0 Å². The summed E-state index contributed by atoms with van der Waals surface area (Å²) in [6.07, 6.45) is -0.625. The molecule has 3 N–H and O–H groups in total. The normalized spacial score (nSPS) is 12.3. The summed E-state index contributed by atoms with van der Waals surface area (Å²) >= 11 is 0. The van der Waals surface area contributed by atoms with Crippen LogP contribution >= 0.6 is 0 Å². The minimum Gasteiger partial charge on any atom is -0.444 e. The lowest BCUT2D eigenvalue weighted by Crippen LogP contribution is -2.27. The molecule has 0 aliphatic carbocycles. The third-order valence-electron chi connectivity index (χ3n) is 3.51. The Morgan fingerprint density at radius 3 is 2.42 bits per heavy atom. The summed E-state index contributed by atoms with van der Waals surface area (Å²) < 4.78 is 32.0. The number of carbonyl (C=O) groups excluding carboxylic acids is 2. The maximum absolute atomic E-state index is 12.4. The predicted molar refractivity (Wildman–Crippen MR) is 95.7 cm³/mol. The van der Waals surface area contributed by atoms with Crippen LogP contribution in [0.15, 0.2) is 59.5 Å². The van der Waals surface area contributed by atoms with E-state index in [0.717, 1.165) is 0 Å². The summed E-state index contributed by atoms with van der Waals surface area (Å²) in [5.74, 6) is -1.66. The number of amides is 1. The molecule has 0 saturated heterocycles. The Morgan fingerprint density at radius 1 is 1.12 bits per heavy atom. The number of primary amides is 1. The van der Waals surface area contributed by atoms with E-state index in [1.54, 1.807) is 30.3 Å². The second-order valence-electron chi connectivity index (χ2n) is 5.52. The van der Waals surface area contributed by atoms with E-state index in [2.05, 4.69) is 4.72 Å². The highest BCUT2D eigenvalue weighted by Gasteiger charge is 2.24. The van der Waals surface area contributed by atoms with Crippen molar-refractivity contribution in [3.05, 3.63) is 65.7 Å². The number of hydrogen-bond acceptors (Lipinski definition) is 5. The molecule has 0 aliphatic rings. The van der Waals surface area contributed by atoms with Gasteiger partial charge in [0.25, 0.3) is 5.91 Å². The molecular formula is C18H20N2O5S. The smallest absolute Gasteiger partial charge is 0.339 e. The zero-order valence-electron chi connectivity index (χ0n) is 14.2. The van der Waals surface area contributed by atoms with E-state index in [1.165, 1.54) is 24.3 Å². The SMILES string of the molecule is CCCNS(=O)(=O)c1cccc(C(=O)OC(C(N)=O)c2ccccc2)c1. The van der Waals surface area contributed by atoms with Gasteiger partial charge in [0, 0.05) is 12.1 Å². The zero-order chi connectivity index (χ0) is 19.2. The summed E-state index contributed by atoms with van der Waals surface area (Å²) in [4.78, 5) is 24.0. The topological polar surface area (TPSA) is 116 Å². The van der Waals surface area contributed by atoms with E-state index in [-0.39, 0.29) is 17.0 Å². The highest BCUT2D eigenvalue weighted by molar-refractivity contribution is 7.89. The van der Waals surface area contributed by atoms with Gasteiger partial charge in [-0.05, 0) is 24.6 Å². The fourth-order valence-corrected chi connectivity index (χ4v) is 3.38. The van der Waals surface area contributed by atoms with Crippen LogP contribution in [0.4, 0.5) is 0 Å². The van der Waals surface area contributed by atoms with E-state index < -0.39 is 28.0 Å². The van der Waals surface area contributed by atoms with Crippen LogP contribution in [0.1, 0.15) is 35.4 Å². The van der Waals surface area contributed by atoms with Crippen molar-refractivity contribution < 1.29 is 22.7 Å². The lowest BCUT2D eigenvalue weighted by Gasteiger charge is -2.15. The van der Waals surface area contributed by atoms with Crippen LogP contribution in [0, 0.1) is 0 Å². The molecule has 8 heteroatoms. The van der Waals surface area contributed by atoms with Gasteiger partial charge in [-0.1, -0.05) is 43.3 Å². The van der Waals surface area contributed by atoms with Gasteiger partial charge in [-0.2, -0.15) is 0 Å². The van der Waals surface area contributed by atoms with Gasteiger partial charge in [0.1, 0.15) is 0 Å². The van der Waals surface area contributed by atoms with Crippen molar-refractivity contribution in [3.63, 3.8) is 0 Å². The number of hydrogen-bond donors (Lipinski definition) is 2. The highest BCUT2D eigenvalue weighted by atomic mass is 32.2. The molecule has 0 aliphatic heterocycles. The van der Waals surface area contributed by atoms with Gasteiger partial charge < -0.3 is 10.5 Å². The van der Waals surface area contributed by atoms with Gasteiger partial charge in [-0.25, -0.2) is 17.9 Å². The molecule has 1 unspecified atom stereocenters. The Kier molecular flexibility index (Phi) is 6.48. The minimum absolute atomic E-state index is 0.00607. The largest absolute Gasteiger partial charge is 0.444 e. The van der Waals surface area contributed by atoms with Gasteiger partial charge in [0.15, 0.2) is 0 Å². The zero-order valence-corrected chi connectivity index (χ0v) is 15.0. The first-order chi connectivity index (χ1) is 12.3. The van der Waals surface area contributed by atoms with Crippen LogP contribution in [0.25, 0.3) is 0 Å². The molecule has 138 valence electrons. The van der Waals surface area contributed by atoms with Crippen LogP contribution in [0.5, 0.6) is 0 Å². The second kappa shape index (κ2) is 8.59. The van der Waals surface area contributed by atoms with Crippen LogP contribution in [-0.2, 0) is 19.6 Å². The van der Waals surface area contributed by atoms with Gasteiger partial charge in [-0.15, -0.1) is 0 Å².